The highest BCUT2D eigenvalue weighted by atomic mass is 28.3. The molecule has 10 nitrogen and oxygen atoms in total. The Morgan fingerprint density at radius 2 is 1.77 bits per heavy atom. The van der Waals surface area contributed by atoms with E-state index in [1.807, 2.05) is 69.4 Å². The van der Waals surface area contributed by atoms with Gasteiger partial charge in [0, 0.05) is 32.2 Å². The zero-order chi connectivity index (χ0) is 34.0. The van der Waals surface area contributed by atoms with Gasteiger partial charge in [-0.05, 0) is 75.6 Å². The van der Waals surface area contributed by atoms with E-state index in [1.54, 1.807) is 12.1 Å². The number of esters is 1. The number of rotatable bonds is 13. The van der Waals surface area contributed by atoms with Crippen LogP contribution in [0.1, 0.15) is 72.9 Å². The number of benzene rings is 1. The van der Waals surface area contributed by atoms with Crippen LogP contribution in [0.4, 0.5) is 4.79 Å². The molecule has 1 N–H and O–H groups in total. The molecule has 11 heteroatoms. The summed E-state index contributed by atoms with van der Waals surface area (Å²) >= 11 is 0. The Hall–Kier alpha value is -4.48. The zero-order valence-corrected chi connectivity index (χ0v) is 29.7. The molecule has 0 aliphatic heterocycles. The van der Waals surface area contributed by atoms with Gasteiger partial charge in [-0.25, -0.2) is 19.6 Å². The highest BCUT2D eigenvalue weighted by Crippen LogP contribution is 2.45. The molecule has 252 valence electrons. The van der Waals surface area contributed by atoms with Gasteiger partial charge in [0.25, 0.3) is 0 Å². The minimum atomic E-state index is -1.30. The standard InChI is InChI=1S/C37H45N5O5Si/c1-24(2)47-36(43)29-16-17-41-32(21-29)40-33(34(41)27-12-13-27)31-20-28-14-15-30(39-35(28)42(31)23-45-18-19-48(4,5)6)25(3)38-37(44)46-22-26-10-8-7-9-11-26/h7-11,14-17,20-21,24-25,27H,12-13,18-19,22-23H2,1-6H3,(H,38,44)/t25-/m1/s1. The fourth-order valence-electron chi connectivity index (χ4n) is 5.67. The largest absolute Gasteiger partial charge is 0.459 e. The van der Waals surface area contributed by atoms with Crippen molar-refractivity contribution in [2.75, 3.05) is 6.61 Å². The van der Waals surface area contributed by atoms with Gasteiger partial charge in [0.05, 0.1) is 34.8 Å². The summed E-state index contributed by atoms with van der Waals surface area (Å²) in [6.07, 6.45) is 3.37. The predicted octanol–water partition coefficient (Wildman–Crippen LogP) is 8.09. The predicted molar refractivity (Wildman–Crippen MR) is 189 cm³/mol. The van der Waals surface area contributed by atoms with Crippen LogP contribution in [0.15, 0.2) is 66.9 Å². The van der Waals surface area contributed by atoms with E-state index in [2.05, 4.69) is 40.0 Å². The maximum atomic E-state index is 12.7. The summed E-state index contributed by atoms with van der Waals surface area (Å²) in [6, 6.07) is 19.9. The molecule has 4 heterocycles. The lowest BCUT2D eigenvalue weighted by atomic mass is 10.1. The van der Waals surface area contributed by atoms with E-state index in [4.69, 9.17) is 24.2 Å². The lowest BCUT2D eigenvalue weighted by molar-refractivity contribution is 0.0377. The van der Waals surface area contributed by atoms with Crippen molar-refractivity contribution < 1.29 is 23.8 Å². The SMILES string of the molecule is CC(C)OC(=O)c1ccn2c(C3CC3)c(-c3cc4ccc([C@@H](C)NC(=O)OCc5ccccc5)nc4n3COCC[Si](C)(C)C)nc2c1. The lowest BCUT2D eigenvalue weighted by Crippen LogP contribution is -2.28. The van der Waals surface area contributed by atoms with Gasteiger partial charge in [-0.15, -0.1) is 0 Å². The monoisotopic (exact) mass is 667 g/mol. The van der Waals surface area contributed by atoms with Crippen LogP contribution in [0.2, 0.25) is 25.7 Å². The molecule has 1 atom stereocenters. The van der Waals surface area contributed by atoms with Gasteiger partial charge in [-0.2, -0.15) is 0 Å². The van der Waals surface area contributed by atoms with Crippen molar-refractivity contribution in [1.29, 1.82) is 0 Å². The number of alkyl carbamates (subject to hydrolysis) is 1. The van der Waals surface area contributed by atoms with Crippen molar-refractivity contribution >= 4 is 36.8 Å². The number of nitrogens with zero attached hydrogens (tertiary/aromatic N) is 4. The molecule has 0 bridgehead atoms. The summed E-state index contributed by atoms with van der Waals surface area (Å²) in [5, 5.41) is 3.87. The summed E-state index contributed by atoms with van der Waals surface area (Å²) in [5.41, 5.74) is 6.43. The molecule has 0 spiro atoms. The Labute approximate surface area is 282 Å². The van der Waals surface area contributed by atoms with Crippen LogP contribution in [-0.4, -0.2) is 51.8 Å². The summed E-state index contributed by atoms with van der Waals surface area (Å²) in [4.78, 5) is 35.6. The molecule has 0 saturated heterocycles. The fourth-order valence-corrected chi connectivity index (χ4v) is 6.42. The first kappa shape index (κ1) is 33.4. The molecule has 1 aliphatic rings. The van der Waals surface area contributed by atoms with Crippen LogP contribution in [0.25, 0.3) is 28.1 Å². The molecule has 0 unspecified atom stereocenters. The third-order valence-corrected chi connectivity index (χ3v) is 10.1. The van der Waals surface area contributed by atoms with Crippen molar-refractivity contribution in [2.24, 2.45) is 0 Å². The number of hydrogen-bond acceptors (Lipinski definition) is 7. The maximum absolute atomic E-state index is 12.7. The number of hydrogen-bond donors (Lipinski definition) is 1. The number of aromatic nitrogens is 4. The zero-order valence-electron chi connectivity index (χ0n) is 28.7. The number of carbonyl (C=O) groups excluding carboxylic acids is 2. The van der Waals surface area contributed by atoms with Crippen LogP contribution < -0.4 is 5.32 Å². The van der Waals surface area contributed by atoms with Crippen molar-refractivity contribution in [3.63, 3.8) is 0 Å². The summed E-state index contributed by atoms with van der Waals surface area (Å²) in [5.74, 6) is 0.00992. The number of amides is 1. The minimum absolute atomic E-state index is 0.190. The number of carbonyl (C=O) groups is 2. The van der Waals surface area contributed by atoms with Crippen molar-refractivity contribution in [1.82, 2.24) is 24.3 Å². The highest BCUT2D eigenvalue weighted by Gasteiger charge is 2.33. The maximum Gasteiger partial charge on any atom is 0.407 e. The van der Waals surface area contributed by atoms with Crippen LogP contribution in [0.3, 0.4) is 0 Å². The van der Waals surface area contributed by atoms with E-state index in [-0.39, 0.29) is 18.7 Å². The molecule has 1 saturated carbocycles. The van der Waals surface area contributed by atoms with E-state index in [1.165, 1.54) is 0 Å². The third kappa shape index (κ3) is 7.79. The van der Waals surface area contributed by atoms with Crippen molar-refractivity contribution in [3.8, 4) is 11.4 Å². The molecule has 4 aromatic heterocycles. The van der Waals surface area contributed by atoms with Crippen LogP contribution in [0, 0.1) is 0 Å². The van der Waals surface area contributed by atoms with Crippen LogP contribution >= 0.6 is 0 Å². The van der Waals surface area contributed by atoms with Crippen LogP contribution in [-0.2, 0) is 27.5 Å². The van der Waals surface area contributed by atoms with E-state index in [0.717, 1.165) is 52.6 Å². The average molecular weight is 668 g/mol. The second-order valence-corrected chi connectivity index (χ2v) is 19.7. The summed E-state index contributed by atoms with van der Waals surface area (Å²) in [7, 11) is -1.30. The molecule has 6 rings (SSSR count). The fraction of sp³-hybridized carbons (Fsp3) is 0.405. The van der Waals surface area contributed by atoms with E-state index < -0.39 is 20.2 Å². The van der Waals surface area contributed by atoms with E-state index in [9.17, 15) is 9.59 Å². The van der Waals surface area contributed by atoms with Gasteiger partial charge in [0.15, 0.2) is 0 Å². The van der Waals surface area contributed by atoms with Crippen LogP contribution in [0.5, 0.6) is 0 Å². The Balaban J connectivity index is 1.34. The smallest absolute Gasteiger partial charge is 0.407 e. The van der Waals surface area contributed by atoms with Gasteiger partial charge < -0.3 is 23.9 Å². The second-order valence-electron chi connectivity index (χ2n) is 14.1. The molecule has 1 aliphatic carbocycles. The normalized spacial score (nSPS) is 14.1. The molecule has 1 amide bonds. The molecule has 5 aromatic rings. The Morgan fingerprint density at radius 3 is 2.48 bits per heavy atom. The Bertz CT molecular complexity index is 1920. The third-order valence-electron chi connectivity index (χ3n) is 8.42. The first-order valence-electron chi connectivity index (χ1n) is 16.8. The van der Waals surface area contributed by atoms with Gasteiger partial charge in [-0.1, -0.05) is 50.0 Å². The topological polar surface area (TPSA) is 109 Å². The molecule has 48 heavy (non-hydrogen) atoms. The first-order chi connectivity index (χ1) is 23.0. The molecular weight excluding hydrogens is 623 g/mol. The molecular formula is C37H45N5O5Si. The second kappa shape index (κ2) is 13.9. The minimum Gasteiger partial charge on any atom is -0.459 e. The van der Waals surface area contributed by atoms with E-state index >= 15 is 0 Å². The van der Waals surface area contributed by atoms with Gasteiger partial charge in [0.1, 0.15) is 30.3 Å². The molecule has 1 aromatic carbocycles. The number of imidazole rings is 1. The quantitative estimate of drug-likeness (QED) is 0.0768. The van der Waals surface area contributed by atoms with Crippen molar-refractivity contribution in [2.45, 2.75) is 90.7 Å². The first-order valence-corrected chi connectivity index (χ1v) is 20.5. The molecule has 0 radical (unpaired) electrons. The number of fused-ring (bicyclic) bond motifs is 2. The van der Waals surface area contributed by atoms with Gasteiger partial charge in [0.2, 0.25) is 0 Å². The van der Waals surface area contributed by atoms with Gasteiger partial charge in [-0.3, -0.25) is 4.57 Å². The average Bonchev–Trinajstić information content (AvgIpc) is 3.71. The highest BCUT2D eigenvalue weighted by molar-refractivity contribution is 6.76. The lowest BCUT2D eigenvalue weighted by Gasteiger charge is -2.17. The van der Waals surface area contributed by atoms with Crippen molar-refractivity contribution in [3.05, 3.63) is 89.4 Å². The number of pyridine rings is 2. The Morgan fingerprint density at radius 1 is 1.00 bits per heavy atom. The van der Waals surface area contributed by atoms with Gasteiger partial charge >= 0.3 is 12.1 Å². The Kier molecular flexibility index (Phi) is 9.70. The summed E-state index contributed by atoms with van der Waals surface area (Å²) in [6.45, 7) is 13.7. The number of nitrogens with one attached hydrogen (secondary N) is 1. The summed E-state index contributed by atoms with van der Waals surface area (Å²) < 4.78 is 21.4. The molecule has 1 fully saturated rings. The number of ether oxygens (including phenoxy) is 3. The van der Waals surface area contributed by atoms with E-state index in [0.29, 0.717) is 36.2 Å².